The van der Waals surface area contributed by atoms with Gasteiger partial charge in [0.2, 0.25) is 0 Å². The van der Waals surface area contributed by atoms with Gasteiger partial charge >= 0.3 is 0 Å². The molecule has 0 bridgehead atoms. The van der Waals surface area contributed by atoms with Crippen molar-refractivity contribution in [3.05, 3.63) is 81.8 Å². The van der Waals surface area contributed by atoms with Gasteiger partial charge < -0.3 is 15.2 Å². The quantitative estimate of drug-likeness (QED) is 0.142. The molecule has 0 atom stereocenters. The molecule has 0 aliphatic carbocycles. The number of phenolic OH excluding ortho intramolecular Hbond substituents is 1. The highest BCUT2D eigenvalue weighted by Crippen LogP contribution is 2.42. The van der Waals surface area contributed by atoms with Crippen molar-refractivity contribution in [1.82, 2.24) is 0 Å². The Morgan fingerprint density at radius 1 is 0.974 bits per heavy atom. The second-order valence-corrected chi connectivity index (χ2v) is 10.5. The molecule has 0 aliphatic rings. The summed E-state index contributed by atoms with van der Waals surface area (Å²) in [6, 6.07) is 15.6. The van der Waals surface area contributed by atoms with E-state index in [1.54, 1.807) is 56.3 Å². The number of fused-ring (bicyclic) bond motifs is 1. The SMILES string of the molecule is CCOc1cc(NC(=O)c2cc3ccccc3c(N=Nc3c(Cl)ccc(S(=O)(=O)O)c3CC)c2O)ccc1Cl. The van der Waals surface area contributed by atoms with Gasteiger partial charge in [0.15, 0.2) is 5.75 Å². The fourth-order valence-electron chi connectivity index (χ4n) is 4.02. The number of aromatic hydroxyl groups is 1. The summed E-state index contributed by atoms with van der Waals surface area (Å²) in [6.07, 6.45) is 0.171. The van der Waals surface area contributed by atoms with Crippen molar-refractivity contribution in [3.63, 3.8) is 0 Å². The van der Waals surface area contributed by atoms with Crippen molar-refractivity contribution in [2.75, 3.05) is 11.9 Å². The molecule has 0 aromatic heterocycles. The van der Waals surface area contributed by atoms with Crippen LogP contribution in [-0.4, -0.2) is 30.6 Å². The molecule has 1 amide bonds. The summed E-state index contributed by atoms with van der Waals surface area (Å²) in [5.41, 5.74) is 0.449. The number of hydrogen-bond donors (Lipinski definition) is 3. The average molecular weight is 588 g/mol. The van der Waals surface area contributed by atoms with E-state index in [-0.39, 0.29) is 38.8 Å². The maximum absolute atomic E-state index is 13.2. The molecule has 0 fully saturated rings. The molecule has 0 spiro atoms. The van der Waals surface area contributed by atoms with Gasteiger partial charge in [-0.15, -0.1) is 10.2 Å². The lowest BCUT2D eigenvalue weighted by Crippen LogP contribution is -2.12. The van der Waals surface area contributed by atoms with E-state index < -0.39 is 21.8 Å². The Kier molecular flexibility index (Phi) is 8.41. The summed E-state index contributed by atoms with van der Waals surface area (Å²) in [4.78, 5) is 12.9. The third kappa shape index (κ3) is 5.99. The van der Waals surface area contributed by atoms with E-state index in [0.29, 0.717) is 33.8 Å². The molecule has 4 aromatic rings. The van der Waals surface area contributed by atoms with Crippen molar-refractivity contribution in [1.29, 1.82) is 0 Å². The number of azo groups is 1. The van der Waals surface area contributed by atoms with Crippen molar-refractivity contribution in [3.8, 4) is 11.5 Å². The number of carbonyl (C=O) groups is 1. The third-order valence-corrected chi connectivity index (χ3v) is 7.36. The summed E-state index contributed by atoms with van der Waals surface area (Å²) >= 11 is 12.4. The standard InChI is InChI=1S/C27H23Cl2N3O6S/c1-3-17-23(39(35,36)37)12-11-21(29)24(17)31-32-25-18-8-6-5-7-15(18)13-19(26(25)33)27(34)30-16-9-10-20(28)22(14-16)38-4-2/h5-14,33H,3-4H2,1-2H3,(H,30,34)(H,35,36,37). The number of rotatable bonds is 8. The Labute approximate surface area is 234 Å². The Morgan fingerprint density at radius 3 is 2.36 bits per heavy atom. The molecule has 0 radical (unpaired) electrons. The third-order valence-electron chi connectivity index (χ3n) is 5.80. The smallest absolute Gasteiger partial charge is 0.294 e. The zero-order valence-electron chi connectivity index (χ0n) is 20.8. The summed E-state index contributed by atoms with van der Waals surface area (Å²) < 4.78 is 38.8. The van der Waals surface area contributed by atoms with Crippen LogP contribution in [0.3, 0.4) is 0 Å². The van der Waals surface area contributed by atoms with Gasteiger partial charge in [-0.3, -0.25) is 9.35 Å². The zero-order valence-corrected chi connectivity index (χ0v) is 23.1. The maximum Gasteiger partial charge on any atom is 0.294 e. The molecule has 0 saturated carbocycles. The second kappa shape index (κ2) is 11.6. The Morgan fingerprint density at radius 2 is 1.67 bits per heavy atom. The zero-order chi connectivity index (χ0) is 28.3. The summed E-state index contributed by atoms with van der Waals surface area (Å²) in [6.45, 7) is 3.86. The number of nitrogens with one attached hydrogen (secondary N) is 1. The number of amides is 1. The average Bonchev–Trinajstić information content (AvgIpc) is 2.89. The number of phenols is 1. The molecule has 0 unspecified atom stereocenters. The minimum Gasteiger partial charge on any atom is -0.505 e. The van der Waals surface area contributed by atoms with Gasteiger partial charge in [0.05, 0.1) is 27.1 Å². The first kappa shape index (κ1) is 28.3. The second-order valence-electron chi connectivity index (χ2n) is 8.28. The molecule has 4 rings (SSSR count). The lowest BCUT2D eigenvalue weighted by molar-refractivity contribution is 0.102. The minimum atomic E-state index is -4.55. The van der Waals surface area contributed by atoms with Crippen LogP contribution in [0.4, 0.5) is 17.1 Å². The van der Waals surface area contributed by atoms with Gasteiger partial charge in [-0.05, 0) is 49.1 Å². The first-order valence-corrected chi connectivity index (χ1v) is 13.9. The molecule has 4 aromatic carbocycles. The minimum absolute atomic E-state index is 0.0113. The molecule has 9 nitrogen and oxygen atoms in total. The Balaban J connectivity index is 1.81. The highest BCUT2D eigenvalue weighted by Gasteiger charge is 2.22. The fraction of sp³-hybridized carbons (Fsp3) is 0.148. The van der Waals surface area contributed by atoms with Crippen molar-refractivity contribution < 1.29 is 27.6 Å². The van der Waals surface area contributed by atoms with Crippen LogP contribution >= 0.6 is 23.2 Å². The molecular weight excluding hydrogens is 565 g/mol. The normalized spacial score (nSPS) is 11.7. The summed E-state index contributed by atoms with van der Waals surface area (Å²) in [5, 5.41) is 23.8. The van der Waals surface area contributed by atoms with Gasteiger partial charge in [-0.1, -0.05) is 54.4 Å². The van der Waals surface area contributed by atoms with Crippen LogP contribution in [0.15, 0.2) is 75.8 Å². The number of ether oxygens (including phenoxy) is 1. The highest BCUT2D eigenvalue weighted by molar-refractivity contribution is 7.85. The van der Waals surface area contributed by atoms with Gasteiger partial charge in [0, 0.05) is 22.7 Å². The molecule has 0 aliphatic heterocycles. The van der Waals surface area contributed by atoms with Gasteiger partial charge in [-0.25, -0.2) is 0 Å². The number of benzene rings is 4. The van der Waals surface area contributed by atoms with Crippen molar-refractivity contribution in [2.24, 2.45) is 10.2 Å². The first-order valence-electron chi connectivity index (χ1n) is 11.7. The van der Waals surface area contributed by atoms with Crippen LogP contribution in [0.2, 0.25) is 10.0 Å². The molecule has 12 heteroatoms. The van der Waals surface area contributed by atoms with Crippen LogP contribution in [0.1, 0.15) is 29.8 Å². The molecule has 202 valence electrons. The highest BCUT2D eigenvalue weighted by atomic mass is 35.5. The van der Waals surface area contributed by atoms with E-state index in [2.05, 4.69) is 15.5 Å². The number of hydrogen-bond acceptors (Lipinski definition) is 7. The maximum atomic E-state index is 13.2. The molecule has 0 heterocycles. The van der Waals surface area contributed by atoms with E-state index in [1.165, 1.54) is 18.2 Å². The number of nitrogens with zero attached hydrogens (tertiary/aromatic N) is 2. The number of halogens is 2. The van der Waals surface area contributed by atoms with Gasteiger partial charge in [0.25, 0.3) is 16.0 Å². The summed E-state index contributed by atoms with van der Waals surface area (Å²) in [5.74, 6) is -0.681. The molecule has 3 N–H and O–H groups in total. The van der Waals surface area contributed by atoms with E-state index in [9.17, 15) is 22.9 Å². The lowest BCUT2D eigenvalue weighted by Gasteiger charge is -2.13. The number of anilines is 1. The predicted octanol–water partition coefficient (Wildman–Crippen LogP) is 7.73. The van der Waals surface area contributed by atoms with Gasteiger partial charge in [0.1, 0.15) is 17.1 Å². The lowest BCUT2D eigenvalue weighted by atomic mass is 10.0. The Hall–Kier alpha value is -3.70. The van der Waals surface area contributed by atoms with E-state index in [0.717, 1.165) is 0 Å². The van der Waals surface area contributed by atoms with Crippen LogP contribution in [0, 0.1) is 0 Å². The molecule has 0 saturated heterocycles. The van der Waals surface area contributed by atoms with E-state index in [4.69, 9.17) is 27.9 Å². The predicted molar refractivity (Wildman–Crippen MR) is 151 cm³/mol. The molecular formula is C27H23Cl2N3O6S. The summed E-state index contributed by atoms with van der Waals surface area (Å²) in [7, 11) is -4.55. The van der Waals surface area contributed by atoms with Crippen molar-refractivity contribution >= 4 is 67.1 Å². The molecule has 39 heavy (non-hydrogen) atoms. The largest absolute Gasteiger partial charge is 0.505 e. The Bertz CT molecular complexity index is 1720. The van der Waals surface area contributed by atoms with Crippen LogP contribution < -0.4 is 10.1 Å². The number of carbonyl (C=O) groups excluding carboxylic acids is 1. The first-order chi connectivity index (χ1) is 18.5. The topological polar surface area (TPSA) is 138 Å². The van der Waals surface area contributed by atoms with Crippen LogP contribution in [0.5, 0.6) is 11.5 Å². The van der Waals surface area contributed by atoms with Crippen molar-refractivity contribution in [2.45, 2.75) is 25.2 Å². The van der Waals surface area contributed by atoms with E-state index in [1.807, 2.05) is 0 Å². The van der Waals surface area contributed by atoms with Crippen LogP contribution in [-0.2, 0) is 16.5 Å². The van der Waals surface area contributed by atoms with E-state index >= 15 is 0 Å². The van der Waals surface area contributed by atoms with Gasteiger partial charge in [-0.2, -0.15) is 8.42 Å². The van der Waals surface area contributed by atoms with Crippen LogP contribution in [0.25, 0.3) is 10.8 Å². The monoisotopic (exact) mass is 587 g/mol. The fourth-order valence-corrected chi connectivity index (χ4v) is 5.20.